The van der Waals surface area contributed by atoms with E-state index in [4.69, 9.17) is 4.52 Å². The molecule has 0 aliphatic carbocycles. The highest BCUT2D eigenvalue weighted by atomic mass is 32.2. The van der Waals surface area contributed by atoms with Gasteiger partial charge in [-0.3, -0.25) is 4.57 Å². The van der Waals surface area contributed by atoms with E-state index in [2.05, 4.69) is 51.7 Å². The number of aryl methyl sites for hydroxylation is 2. The third-order valence-corrected chi connectivity index (χ3v) is 5.58. The zero-order valence-electron chi connectivity index (χ0n) is 13.8. The van der Waals surface area contributed by atoms with Crippen molar-refractivity contribution < 1.29 is 4.52 Å². The van der Waals surface area contributed by atoms with Gasteiger partial charge in [0, 0.05) is 12.4 Å². The van der Waals surface area contributed by atoms with E-state index in [-0.39, 0.29) is 0 Å². The Morgan fingerprint density at radius 2 is 2.16 bits per heavy atom. The largest absolute Gasteiger partial charge is 0.338 e. The van der Waals surface area contributed by atoms with E-state index in [9.17, 15) is 0 Å². The Morgan fingerprint density at radius 3 is 3.00 bits per heavy atom. The van der Waals surface area contributed by atoms with Gasteiger partial charge >= 0.3 is 0 Å². The molecule has 0 fully saturated rings. The maximum absolute atomic E-state index is 5.36. The van der Waals surface area contributed by atoms with Gasteiger partial charge in [0.1, 0.15) is 0 Å². The van der Waals surface area contributed by atoms with E-state index in [0.29, 0.717) is 17.5 Å². The molecule has 0 saturated carbocycles. The Hall–Kier alpha value is -2.38. The van der Waals surface area contributed by atoms with Gasteiger partial charge in [0.2, 0.25) is 11.7 Å². The minimum Gasteiger partial charge on any atom is -0.338 e. The summed E-state index contributed by atoms with van der Waals surface area (Å²) in [7, 11) is 0. The van der Waals surface area contributed by atoms with Crippen molar-refractivity contribution in [1.82, 2.24) is 19.7 Å². The van der Waals surface area contributed by atoms with Crippen LogP contribution < -0.4 is 0 Å². The molecule has 0 N–H and O–H groups in total. The second kappa shape index (κ2) is 6.85. The van der Waals surface area contributed by atoms with Crippen molar-refractivity contribution in [2.45, 2.75) is 24.8 Å². The van der Waals surface area contributed by atoms with Crippen LogP contribution in [0.15, 0.2) is 57.8 Å². The maximum atomic E-state index is 5.36. The molecule has 5 nitrogen and oxygen atoms in total. The summed E-state index contributed by atoms with van der Waals surface area (Å²) in [5.74, 6) is 1.83. The SMILES string of the molecule is Cc1ccc(C)c(-n2ccnc2SCc2nc(-c3cccs3)no2)c1. The molecule has 0 aliphatic rings. The first-order valence-corrected chi connectivity index (χ1v) is 9.67. The Labute approximate surface area is 153 Å². The molecular formula is C18H16N4OS2. The monoisotopic (exact) mass is 368 g/mol. The number of nitrogens with zero attached hydrogens (tertiary/aromatic N) is 4. The van der Waals surface area contributed by atoms with Gasteiger partial charge in [0.15, 0.2) is 5.16 Å². The Balaban J connectivity index is 1.53. The van der Waals surface area contributed by atoms with Crippen molar-refractivity contribution in [3.05, 3.63) is 65.1 Å². The van der Waals surface area contributed by atoms with Gasteiger partial charge in [-0.2, -0.15) is 4.98 Å². The fourth-order valence-electron chi connectivity index (χ4n) is 2.50. The quantitative estimate of drug-likeness (QED) is 0.469. The zero-order valence-corrected chi connectivity index (χ0v) is 15.5. The maximum Gasteiger partial charge on any atom is 0.237 e. The highest BCUT2D eigenvalue weighted by Gasteiger charge is 2.13. The number of benzene rings is 1. The van der Waals surface area contributed by atoms with E-state index in [0.717, 1.165) is 15.7 Å². The van der Waals surface area contributed by atoms with Crippen LogP contribution in [0.2, 0.25) is 0 Å². The van der Waals surface area contributed by atoms with Crippen molar-refractivity contribution >= 4 is 23.1 Å². The summed E-state index contributed by atoms with van der Waals surface area (Å²) in [6.45, 7) is 4.20. The number of aromatic nitrogens is 4. The molecular weight excluding hydrogens is 352 g/mol. The van der Waals surface area contributed by atoms with Gasteiger partial charge in [0.05, 0.1) is 16.3 Å². The summed E-state index contributed by atoms with van der Waals surface area (Å²) in [6.07, 6.45) is 3.80. The molecule has 0 atom stereocenters. The molecule has 4 rings (SSSR count). The van der Waals surface area contributed by atoms with Crippen LogP contribution in [0.4, 0.5) is 0 Å². The molecule has 0 unspecified atom stereocenters. The number of thioether (sulfide) groups is 1. The highest BCUT2D eigenvalue weighted by molar-refractivity contribution is 7.98. The van der Waals surface area contributed by atoms with Crippen molar-refractivity contribution in [2.75, 3.05) is 0 Å². The van der Waals surface area contributed by atoms with Crippen LogP contribution in [-0.2, 0) is 5.75 Å². The van der Waals surface area contributed by atoms with Gasteiger partial charge in [0.25, 0.3) is 0 Å². The smallest absolute Gasteiger partial charge is 0.237 e. The van der Waals surface area contributed by atoms with Crippen molar-refractivity contribution in [3.8, 4) is 16.4 Å². The standard InChI is InChI=1S/C18H16N4OS2/c1-12-5-6-13(2)14(10-12)22-8-7-19-18(22)25-11-16-20-17(21-23-16)15-4-3-9-24-15/h3-10H,11H2,1-2H3. The van der Waals surface area contributed by atoms with Gasteiger partial charge in [-0.1, -0.05) is 35.1 Å². The van der Waals surface area contributed by atoms with Gasteiger partial charge in [-0.15, -0.1) is 11.3 Å². The molecule has 0 amide bonds. The van der Waals surface area contributed by atoms with E-state index >= 15 is 0 Å². The number of thiophene rings is 1. The van der Waals surface area contributed by atoms with Gasteiger partial charge in [-0.05, 0) is 42.5 Å². The highest BCUT2D eigenvalue weighted by Crippen LogP contribution is 2.27. The van der Waals surface area contributed by atoms with E-state index in [1.165, 1.54) is 11.1 Å². The number of hydrogen-bond acceptors (Lipinski definition) is 6. The molecule has 126 valence electrons. The van der Waals surface area contributed by atoms with Crippen molar-refractivity contribution in [2.24, 2.45) is 0 Å². The molecule has 0 bridgehead atoms. The summed E-state index contributed by atoms with van der Waals surface area (Å²) in [5.41, 5.74) is 3.58. The zero-order chi connectivity index (χ0) is 17.2. The van der Waals surface area contributed by atoms with Crippen LogP contribution in [-0.4, -0.2) is 19.7 Å². The molecule has 1 aromatic carbocycles. The minimum absolute atomic E-state index is 0.584. The Kier molecular flexibility index (Phi) is 4.42. The summed E-state index contributed by atoms with van der Waals surface area (Å²) in [6, 6.07) is 10.4. The van der Waals surface area contributed by atoms with E-state index in [1.54, 1.807) is 23.1 Å². The average Bonchev–Trinajstić information content (AvgIpc) is 3.36. The van der Waals surface area contributed by atoms with Crippen LogP contribution in [0.5, 0.6) is 0 Å². The minimum atomic E-state index is 0.584. The average molecular weight is 368 g/mol. The van der Waals surface area contributed by atoms with Crippen molar-refractivity contribution in [3.63, 3.8) is 0 Å². The second-order valence-electron chi connectivity index (χ2n) is 5.65. The number of rotatable bonds is 5. The number of imidazole rings is 1. The number of hydrogen-bond donors (Lipinski definition) is 0. The van der Waals surface area contributed by atoms with Crippen LogP contribution in [0, 0.1) is 13.8 Å². The Morgan fingerprint density at radius 1 is 1.24 bits per heavy atom. The molecule has 3 aromatic heterocycles. The lowest BCUT2D eigenvalue weighted by Crippen LogP contribution is -1.98. The van der Waals surface area contributed by atoms with Crippen LogP contribution >= 0.6 is 23.1 Å². The fraction of sp³-hybridized carbons (Fsp3) is 0.167. The molecule has 3 heterocycles. The van der Waals surface area contributed by atoms with Gasteiger partial charge in [-0.25, -0.2) is 4.98 Å². The topological polar surface area (TPSA) is 56.7 Å². The summed E-state index contributed by atoms with van der Waals surface area (Å²) >= 11 is 3.19. The Bertz CT molecular complexity index is 988. The summed E-state index contributed by atoms with van der Waals surface area (Å²) < 4.78 is 7.46. The van der Waals surface area contributed by atoms with E-state index < -0.39 is 0 Å². The second-order valence-corrected chi connectivity index (χ2v) is 7.54. The lowest BCUT2D eigenvalue weighted by Gasteiger charge is -2.10. The molecule has 0 saturated heterocycles. The first-order valence-electron chi connectivity index (χ1n) is 7.81. The van der Waals surface area contributed by atoms with Crippen LogP contribution in [0.1, 0.15) is 17.0 Å². The lowest BCUT2D eigenvalue weighted by atomic mass is 10.1. The summed E-state index contributed by atoms with van der Waals surface area (Å²) in [4.78, 5) is 9.95. The first-order chi connectivity index (χ1) is 12.2. The molecule has 25 heavy (non-hydrogen) atoms. The molecule has 0 radical (unpaired) electrons. The van der Waals surface area contributed by atoms with Gasteiger partial charge < -0.3 is 4.52 Å². The normalized spacial score (nSPS) is 11.1. The molecule has 7 heteroatoms. The van der Waals surface area contributed by atoms with Crippen LogP contribution in [0.3, 0.4) is 0 Å². The van der Waals surface area contributed by atoms with Crippen LogP contribution in [0.25, 0.3) is 16.4 Å². The van der Waals surface area contributed by atoms with Crippen molar-refractivity contribution in [1.29, 1.82) is 0 Å². The fourth-order valence-corrected chi connectivity index (χ4v) is 3.96. The third kappa shape index (κ3) is 3.38. The first kappa shape index (κ1) is 16.1. The molecule has 0 aliphatic heterocycles. The molecule has 4 aromatic rings. The third-order valence-electron chi connectivity index (χ3n) is 3.77. The molecule has 0 spiro atoms. The lowest BCUT2D eigenvalue weighted by molar-refractivity contribution is 0.391. The predicted molar refractivity (Wildman–Crippen MR) is 100 cm³/mol. The van der Waals surface area contributed by atoms with E-state index in [1.807, 2.05) is 29.9 Å². The predicted octanol–water partition coefficient (Wildman–Crippen LogP) is 4.89. The summed E-state index contributed by atoms with van der Waals surface area (Å²) in [5, 5.41) is 6.96.